The molecule has 0 aliphatic heterocycles. The maximum atomic E-state index is 4.62. The van der Waals surface area contributed by atoms with Gasteiger partial charge >= 0.3 is 0 Å². The van der Waals surface area contributed by atoms with Gasteiger partial charge < -0.3 is 9.88 Å². The average Bonchev–Trinajstić information content (AvgIpc) is 2.97. The fourth-order valence-corrected chi connectivity index (χ4v) is 2.48. The Kier molecular flexibility index (Phi) is 3.09. The van der Waals surface area contributed by atoms with Crippen LogP contribution in [0.4, 0.5) is 0 Å². The highest BCUT2D eigenvalue weighted by atomic mass is 15.3. The smallest absolute Gasteiger partial charge is 0.0900 e. The normalized spacial score (nSPS) is 11.3. The second-order valence-corrected chi connectivity index (χ2v) is 4.81. The van der Waals surface area contributed by atoms with E-state index in [1.807, 2.05) is 18.8 Å². The van der Waals surface area contributed by atoms with Crippen molar-refractivity contribution in [3.63, 3.8) is 0 Å². The van der Waals surface area contributed by atoms with Crippen molar-refractivity contribution in [1.82, 2.24) is 19.7 Å². The fraction of sp³-hybridized carbons (Fsp3) is 0.267. The number of rotatable bonds is 4. The monoisotopic (exact) mass is 254 g/mol. The van der Waals surface area contributed by atoms with Crippen molar-refractivity contribution in [3.8, 4) is 0 Å². The van der Waals surface area contributed by atoms with Crippen molar-refractivity contribution in [2.45, 2.75) is 13.1 Å². The fourth-order valence-electron chi connectivity index (χ4n) is 2.48. The third-order valence-electron chi connectivity index (χ3n) is 3.36. The molecule has 2 heterocycles. The minimum Gasteiger partial charge on any atom is -0.348 e. The lowest BCUT2D eigenvalue weighted by Crippen LogP contribution is -2.04. The van der Waals surface area contributed by atoms with E-state index >= 15 is 0 Å². The molecule has 0 aliphatic rings. The molecule has 0 saturated heterocycles. The highest BCUT2D eigenvalue weighted by Crippen LogP contribution is 2.18. The Morgan fingerprint density at radius 1 is 1.21 bits per heavy atom. The molecule has 0 aliphatic carbocycles. The first kappa shape index (κ1) is 12.0. The number of nitrogens with zero attached hydrogens (tertiary/aromatic N) is 3. The van der Waals surface area contributed by atoms with Crippen LogP contribution in [-0.2, 0) is 20.1 Å². The van der Waals surface area contributed by atoms with E-state index in [9.17, 15) is 0 Å². The first-order valence-electron chi connectivity index (χ1n) is 6.48. The topological polar surface area (TPSA) is 34.8 Å². The summed E-state index contributed by atoms with van der Waals surface area (Å²) in [6.45, 7) is 1.71. The average molecular weight is 254 g/mol. The number of hydrogen-bond donors (Lipinski definition) is 1. The van der Waals surface area contributed by atoms with E-state index in [4.69, 9.17) is 0 Å². The van der Waals surface area contributed by atoms with Crippen LogP contribution in [0.5, 0.6) is 0 Å². The Balaban J connectivity index is 1.92. The Morgan fingerprint density at radius 2 is 2.05 bits per heavy atom. The van der Waals surface area contributed by atoms with Crippen LogP contribution >= 0.6 is 0 Å². The Morgan fingerprint density at radius 3 is 2.89 bits per heavy atom. The van der Waals surface area contributed by atoms with E-state index in [2.05, 4.69) is 57.7 Å². The van der Waals surface area contributed by atoms with Crippen molar-refractivity contribution in [2.24, 2.45) is 7.05 Å². The summed E-state index contributed by atoms with van der Waals surface area (Å²) in [6, 6.07) is 10.5. The molecule has 19 heavy (non-hydrogen) atoms. The van der Waals surface area contributed by atoms with Gasteiger partial charge in [-0.2, -0.15) is 5.10 Å². The first-order chi connectivity index (χ1) is 9.28. The Hall–Kier alpha value is -2.07. The van der Waals surface area contributed by atoms with Crippen molar-refractivity contribution in [3.05, 3.63) is 54.0 Å². The summed E-state index contributed by atoms with van der Waals surface area (Å²) in [5.74, 6) is 0. The summed E-state index contributed by atoms with van der Waals surface area (Å²) in [5, 5.41) is 9.01. The second-order valence-electron chi connectivity index (χ2n) is 4.81. The van der Waals surface area contributed by atoms with Gasteiger partial charge in [0.05, 0.1) is 17.8 Å². The molecule has 1 aromatic carbocycles. The first-order valence-corrected chi connectivity index (χ1v) is 6.48. The van der Waals surface area contributed by atoms with Gasteiger partial charge in [-0.25, -0.2) is 0 Å². The van der Waals surface area contributed by atoms with Crippen molar-refractivity contribution >= 4 is 10.9 Å². The number of fused-ring (bicyclic) bond motifs is 1. The van der Waals surface area contributed by atoms with E-state index in [0.29, 0.717) is 0 Å². The summed E-state index contributed by atoms with van der Waals surface area (Å²) in [6.07, 6.45) is 4.27. The summed E-state index contributed by atoms with van der Waals surface area (Å²) >= 11 is 0. The zero-order valence-electron chi connectivity index (χ0n) is 11.3. The van der Waals surface area contributed by atoms with Crippen LogP contribution in [0.25, 0.3) is 10.9 Å². The molecule has 0 bridgehead atoms. The van der Waals surface area contributed by atoms with Crippen LogP contribution in [0.15, 0.2) is 42.7 Å². The number of para-hydroxylation sites is 1. The van der Waals surface area contributed by atoms with Crippen LogP contribution in [-0.4, -0.2) is 21.4 Å². The SMILES string of the molecule is CNCc1ccn(Cc2nn(C)c3ccccc23)c1. The summed E-state index contributed by atoms with van der Waals surface area (Å²) in [7, 11) is 3.96. The second kappa shape index (κ2) is 4.90. The van der Waals surface area contributed by atoms with Gasteiger partial charge in [0.25, 0.3) is 0 Å². The van der Waals surface area contributed by atoms with E-state index in [-0.39, 0.29) is 0 Å². The molecule has 0 spiro atoms. The molecule has 3 aromatic rings. The molecule has 4 heteroatoms. The molecule has 0 radical (unpaired) electrons. The molecule has 3 rings (SSSR count). The van der Waals surface area contributed by atoms with Crippen molar-refractivity contribution in [2.75, 3.05) is 7.05 Å². The zero-order chi connectivity index (χ0) is 13.2. The van der Waals surface area contributed by atoms with Gasteiger partial charge in [0.15, 0.2) is 0 Å². The Labute approximate surface area is 112 Å². The molecule has 2 aromatic heterocycles. The van der Waals surface area contributed by atoms with Gasteiger partial charge in [-0.15, -0.1) is 0 Å². The third-order valence-corrected chi connectivity index (χ3v) is 3.36. The summed E-state index contributed by atoms with van der Waals surface area (Å²) in [5.41, 5.74) is 3.59. The van der Waals surface area contributed by atoms with Crippen LogP contribution in [0.2, 0.25) is 0 Å². The molecule has 0 amide bonds. The number of hydrogen-bond acceptors (Lipinski definition) is 2. The standard InChI is InChI=1S/C15H18N4/c1-16-9-12-7-8-19(10-12)11-14-13-5-3-4-6-15(13)18(2)17-14/h3-8,10,16H,9,11H2,1-2H3. The highest BCUT2D eigenvalue weighted by molar-refractivity contribution is 5.81. The molecule has 1 N–H and O–H groups in total. The predicted molar refractivity (Wildman–Crippen MR) is 77.0 cm³/mol. The van der Waals surface area contributed by atoms with E-state index in [1.54, 1.807) is 0 Å². The minimum atomic E-state index is 0.811. The highest BCUT2D eigenvalue weighted by Gasteiger charge is 2.08. The van der Waals surface area contributed by atoms with Crippen LogP contribution in [0, 0.1) is 0 Å². The maximum absolute atomic E-state index is 4.62. The van der Waals surface area contributed by atoms with E-state index in [0.717, 1.165) is 18.8 Å². The number of nitrogens with one attached hydrogen (secondary N) is 1. The molecule has 0 atom stereocenters. The van der Waals surface area contributed by atoms with E-state index in [1.165, 1.54) is 16.5 Å². The number of aromatic nitrogens is 3. The molecule has 0 unspecified atom stereocenters. The quantitative estimate of drug-likeness (QED) is 0.774. The van der Waals surface area contributed by atoms with Crippen LogP contribution in [0.3, 0.4) is 0 Å². The molecule has 0 fully saturated rings. The van der Waals surface area contributed by atoms with Gasteiger partial charge in [-0.05, 0) is 24.7 Å². The minimum absolute atomic E-state index is 0.811. The van der Waals surface area contributed by atoms with Gasteiger partial charge in [-0.1, -0.05) is 18.2 Å². The summed E-state index contributed by atoms with van der Waals surface area (Å²) < 4.78 is 4.13. The molecule has 0 saturated carbocycles. The van der Waals surface area contributed by atoms with Gasteiger partial charge in [-0.3, -0.25) is 4.68 Å². The van der Waals surface area contributed by atoms with Crippen molar-refractivity contribution < 1.29 is 0 Å². The third kappa shape index (κ3) is 2.27. The van der Waals surface area contributed by atoms with Gasteiger partial charge in [0, 0.05) is 31.4 Å². The van der Waals surface area contributed by atoms with E-state index < -0.39 is 0 Å². The molecular formula is C15H18N4. The van der Waals surface area contributed by atoms with Crippen LogP contribution in [0.1, 0.15) is 11.3 Å². The van der Waals surface area contributed by atoms with Gasteiger partial charge in [0.2, 0.25) is 0 Å². The predicted octanol–water partition coefficient (Wildman–Crippen LogP) is 2.14. The maximum Gasteiger partial charge on any atom is 0.0900 e. The molecular weight excluding hydrogens is 236 g/mol. The lowest BCUT2D eigenvalue weighted by molar-refractivity contribution is 0.718. The Bertz CT molecular complexity index is 693. The molecule has 4 nitrogen and oxygen atoms in total. The molecule has 98 valence electrons. The van der Waals surface area contributed by atoms with Gasteiger partial charge in [0.1, 0.15) is 0 Å². The number of benzene rings is 1. The summed E-state index contributed by atoms with van der Waals surface area (Å²) in [4.78, 5) is 0. The lowest BCUT2D eigenvalue weighted by Gasteiger charge is -2.00. The lowest BCUT2D eigenvalue weighted by atomic mass is 10.2. The van der Waals surface area contributed by atoms with Crippen molar-refractivity contribution in [1.29, 1.82) is 0 Å². The van der Waals surface area contributed by atoms with Crippen LogP contribution < -0.4 is 5.32 Å². The largest absolute Gasteiger partial charge is 0.348 e. The number of aryl methyl sites for hydroxylation is 1. The zero-order valence-corrected chi connectivity index (χ0v) is 11.3.